The molecule has 1 aliphatic rings. The molecule has 0 aliphatic carbocycles. The summed E-state index contributed by atoms with van der Waals surface area (Å²) in [5, 5.41) is 2.71. The number of halogens is 3. The zero-order valence-electron chi connectivity index (χ0n) is 16.1. The molecule has 0 bridgehead atoms. The van der Waals surface area contributed by atoms with E-state index in [4.69, 9.17) is 0 Å². The van der Waals surface area contributed by atoms with Gasteiger partial charge in [-0.05, 0) is 19.1 Å². The average Bonchev–Trinajstić information content (AvgIpc) is 3.09. The first kappa shape index (κ1) is 19.8. The van der Waals surface area contributed by atoms with Crippen LogP contribution in [-0.4, -0.2) is 39.9 Å². The van der Waals surface area contributed by atoms with Crippen LogP contribution in [0.2, 0.25) is 0 Å². The molecule has 3 heterocycles. The van der Waals surface area contributed by atoms with E-state index in [-0.39, 0.29) is 35.6 Å². The highest BCUT2D eigenvalue weighted by Gasteiger charge is 2.40. The normalized spacial score (nSPS) is 15.3. The quantitative estimate of drug-likeness (QED) is 0.698. The molecule has 154 valence electrons. The van der Waals surface area contributed by atoms with E-state index in [0.29, 0.717) is 11.4 Å². The molecule has 1 N–H and O–H groups in total. The summed E-state index contributed by atoms with van der Waals surface area (Å²) in [6, 6.07) is 7.58. The summed E-state index contributed by atoms with van der Waals surface area (Å²) < 4.78 is 42.2. The Morgan fingerprint density at radius 3 is 2.50 bits per heavy atom. The van der Waals surface area contributed by atoms with E-state index in [2.05, 4.69) is 20.3 Å². The Morgan fingerprint density at radius 1 is 1.10 bits per heavy atom. The minimum Gasteiger partial charge on any atom is -0.349 e. The smallest absolute Gasteiger partial charge is 0.266 e. The standard InChI is InChI=1S/C21H18F3N5O/c1-13-26-10-14(11-27-13)20(30)28-18-16(15-4-2-3-5-17(15)22)6-8-25-19(18)29-9-7-21(23,24)12-29/h2-6,8,10-11H,7,9,12H2,1H3,(H,28,30). The summed E-state index contributed by atoms with van der Waals surface area (Å²) in [6.07, 6.45) is 3.82. The molecule has 3 aromatic rings. The number of carbonyl (C=O) groups excluding carboxylic acids is 1. The molecule has 1 aliphatic heterocycles. The number of pyridine rings is 1. The molecular weight excluding hydrogens is 395 g/mol. The number of aryl methyl sites for hydroxylation is 1. The minimum atomic E-state index is -2.86. The molecule has 9 heteroatoms. The lowest BCUT2D eigenvalue weighted by atomic mass is 10.0. The van der Waals surface area contributed by atoms with Gasteiger partial charge in [-0.25, -0.2) is 28.1 Å². The second-order valence-corrected chi connectivity index (χ2v) is 7.04. The van der Waals surface area contributed by atoms with E-state index in [1.807, 2.05) is 0 Å². The van der Waals surface area contributed by atoms with E-state index in [1.54, 1.807) is 25.1 Å². The molecule has 1 saturated heterocycles. The lowest BCUT2D eigenvalue weighted by Gasteiger charge is -2.23. The minimum absolute atomic E-state index is 0.0667. The van der Waals surface area contributed by atoms with Crippen LogP contribution in [0.1, 0.15) is 22.6 Å². The van der Waals surface area contributed by atoms with Gasteiger partial charge in [0, 0.05) is 42.7 Å². The zero-order valence-corrected chi connectivity index (χ0v) is 16.1. The second kappa shape index (κ2) is 7.74. The van der Waals surface area contributed by atoms with Crippen molar-refractivity contribution < 1.29 is 18.0 Å². The predicted molar refractivity (Wildman–Crippen MR) is 106 cm³/mol. The Labute approximate surface area is 170 Å². The predicted octanol–water partition coefficient (Wildman–Crippen LogP) is 4.08. The molecule has 0 saturated carbocycles. The van der Waals surface area contributed by atoms with Gasteiger partial charge >= 0.3 is 0 Å². The first-order valence-corrected chi connectivity index (χ1v) is 9.31. The fraction of sp³-hybridized carbons (Fsp3) is 0.238. The maximum absolute atomic E-state index is 14.5. The average molecular weight is 413 g/mol. The Bertz CT molecular complexity index is 1090. The molecule has 0 spiro atoms. The fourth-order valence-electron chi connectivity index (χ4n) is 3.33. The largest absolute Gasteiger partial charge is 0.349 e. The van der Waals surface area contributed by atoms with E-state index >= 15 is 0 Å². The van der Waals surface area contributed by atoms with Crippen molar-refractivity contribution in [1.82, 2.24) is 15.0 Å². The number of nitrogens with zero attached hydrogens (tertiary/aromatic N) is 4. The number of carbonyl (C=O) groups is 1. The molecule has 1 fully saturated rings. The zero-order chi connectivity index (χ0) is 21.3. The van der Waals surface area contributed by atoms with Crippen LogP contribution in [0.3, 0.4) is 0 Å². The number of aromatic nitrogens is 3. The van der Waals surface area contributed by atoms with Crippen molar-refractivity contribution in [2.45, 2.75) is 19.3 Å². The van der Waals surface area contributed by atoms with Crippen molar-refractivity contribution in [3.63, 3.8) is 0 Å². The van der Waals surface area contributed by atoms with Crippen molar-refractivity contribution >= 4 is 17.4 Å². The summed E-state index contributed by atoms with van der Waals surface area (Å²) >= 11 is 0. The van der Waals surface area contributed by atoms with Crippen LogP contribution < -0.4 is 10.2 Å². The number of hydrogen-bond donors (Lipinski definition) is 1. The highest BCUT2D eigenvalue weighted by Crippen LogP contribution is 2.39. The van der Waals surface area contributed by atoms with Gasteiger partial charge in [0.05, 0.1) is 17.8 Å². The number of alkyl halides is 2. The van der Waals surface area contributed by atoms with Crippen molar-refractivity contribution in [2.75, 3.05) is 23.3 Å². The van der Waals surface area contributed by atoms with Crippen molar-refractivity contribution in [3.8, 4) is 11.1 Å². The SMILES string of the molecule is Cc1ncc(C(=O)Nc2c(-c3ccccc3F)ccnc2N2CCC(F)(F)C2)cn1. The Hall–Kier alpha value is -3.49. The highest BCUT2D eigenvalue weighted by atomic mass is 19.3. The second-order valence-electron chi connectivity index (χ2n) is 7.04. The number of rotatable bonds is 4. The first-order chi connectivity index (χ1) is 14.3. The van der Waals surface area contributed by atoms with Gasteiger partial charge in [0.1, 0.15) is 11.6 Å². The van der Waals surface area contributed by atoms with E-state index in [9.17, 15) is 18.0 Å². The summed E-state index contributed by atoms with van der Waals surface area (Å²) in [5.74, 6) is -3.25. The molecule has 1 aromatic carbocycles. The summed E-state index contributed by atoms with van der Waals surface area (Å²) in [7, 11) is 0. The van der Waals surface area contributed by atoms with Crippen LogP contribution in [0.4, 0.5) is 24.7 Å². The Balaban J connectivity index is 1.79. The van der Waals surface area contributed by atoms with Crippen LogP contribution in [0.5, 0.6) is 0 Å². The van der Waals surface area contributed by atoms with Crippen LogP contribution in [0.15, 0.2) is 48.9 Å². The van der Waals surface area contributed by atoms with Crippen LogP contribution in [0.25, 0.3) is 11.1 Å². The van der Waals surface area contributed by atoms with E-state index in [1.165, 1.54) is 35.6 Å². The lowest BCUT2D eigenvalue weighted by molar-refractivity contribution is 0.0257. The lowest BCUT2D eigenvalue weighted by Crippen LogP contribution is -2.27. The molecule has 0 radical (unpaired) electrons. The van der Waals surface area contributed by atoms with Crippen LogP contribution in [0, 0.1) is 12.7 Å². The van der Waals surface area contributed by atoms with Gasteiger partial charge in [0.2, 0.25) is 0 Å². The van der Waals surface area contributed by atoms with E-state index in [0.717, 1.165) is 0 Å². The first-order valence-electron chi connectivity index (χ1n) is 9.31. The van der Waals surface area contributed by atoms with Crippen LogP contribution >= 0.6 is 0 Å². The molecule has 1 amide bonds. The van der Waals surface area contributed by atoms with Gasteiger partial charge in [-0.1, -0.05) is 18.2 Å². The third-order valence-corrected chi connectivity index (χ3v) is 4.85. The topological polar surface area (TPSA) is 71.0 Å². The third kappa shape index (κ3) is 3.96. The molecule has 6 nitrogen and oxygen atoms in total. The van der Waals surface area contributed by atoms with Gasteiger partial charge in [-0.15, -0.1) is 0 Å². The molecular formula is C21H18F3N5O. The van der Waals surface area contributed by atoms with Crippen molar-refractivity contribution in [3.05, 3.63) is 66.1 Å². The van der Waals surface area contributed by atoms with Gasteiger partial charge in [0.15, 0.2) is 5.82 Å². The number of anilines is 2. The maximum atomic E-state index is 14.5. The van der Waals surface area contributed by atoms with Gasteiger partial charge < -0.3 is 10.2 Å². The fourth-order valence-corrected chi connectivity index (χ4v) is 3.33. The third-order valence-electron chi connectivity index (χ3n) is 4.85. The number of amides is 1. The molecule has 30 heavy (non-hydrogen) atoms. The molecule has 0 unspecified atom stereocenters. The summed E-state index contributed by atoms with van der Waals surface area (Å²) in [5.41, 5.74) is 0.907. The number of benzene rings is 1. The molecule has 0 atom stereocenters. The van der Waals surface area contributed by atoms with E-state index < -0.39 is 24.2 Å². The van der Waals surface area contributed by atoms with Gasteiger partial charge in [0.25, 0.3) is 11.8 Å². The Kier molecular flexibility index (Phi) is 5.11. The van der Waals surface area contributed by atoms with Crippen LogP contribution in [-0.2, 0) is 0 Å². The summed E-state index contributed by atoms with van der Waals surface area (Å²) in [6.45, 7) is 1.22. The van der Waals surface area contributed by atoms with Gasteiger partial charge in [-0.3, -0.25) is 4.79 Å². The Morgan fingerprint density at radius 2 is 1.83 bits per heavy atom. The van der Waals surface area contributed by atoms with Crippen molar-refractivity contribution in [2.24, 2.45) is 0 Å². The van der Waals surface area contributed by atoms with Crippen molar-refractivity contribution in [1.29, 1.82) is 0 Å². The summed E-state index contributed by atoms with van der Waals surface area (Å²) in [4.78, 5) is 26.4. The van der Waals surface area contributed by atoms with Gasteiger partial charge in [-0.2, -0.15) is 0 Å². The monoisotopic (exact) mass is 413 g/mol. The molecule has 4 rings (SSSR count). The highest BCUT2D eigenvalue weighted by molar-refractivity contribution is 6.08. The number of nitrogens with one attached hydrogen (secondary N) is 1. The maximum Gasteiger partial charge on any atom is 0.266 e. The number of hydrogen-bond acceptors (Lipinski definition) is 5. The molecule has 2 aromatic heterocycles.